The second kappa shape index (κ2) is 6.14. The molecular formula is C11H21NO. The molecule has 1 aliphatic rings. The molecule has 1 aliphatic carbocycles. The highest BCUT2D eigenvalue weighted by molar-refractivity contribution is 5.80. The van der Waals surface area contributed by atoms with Crippen LogP contribution in [0.2, 0.25) is 0 Å². The molecule has 0 radical (unpaired) electrons. The average molecular weight is 183 g/mol. The zero-order valence-corrected chi connectivity index (χ0v) is 8.43. The van der Waals surface area contributed by atoms with E-state index >= 15 is 0 Å². The molecule has 0 spiro atoms. The zero-order chi connectivity index (χ0) is 9.52. The van der Waals surface area contributed by atoms with E-state index in [1.165, 1.54) is 25.7 Å². The van der Waals surface area contributed by atoms with Gasteiger partial charge in [0.25, 0.3) is 0 Å². The normalized spacial score (nSPS) is 19.8. The topological polar surface area (TPSA) is 43.1 Å². The van der Waals surface area contributed by atoms with Gasteiger partial charge in [0.1, 0.15) is 5.78 Å². The Labute approximate surface area is 80.9 Å². The van der Waals surface area contributed by atoms with Gasteiger partial charge in [-0.15, -0.1) is 0 Å². The van der Waals surface area contributed by atoms with Gasteiger partial charge >= 0.3 is 0 Å². The Bertz CT molecular complexity index is 148. The Morgan fingerprint density at radius 1 is 1.15 bits per heavy atom. The third kappa shape index (κ3) is 3.90. The van der Waals surface area contributed by atoms with E-state index in [0.717, 1.165) is 19.3 Å². The first-order valence-electron chi connectivity index (χ1n) is 5.57. The number of Topliss-reactive ketones (excluding diaryl/α,β-unsaturated/α-hetero) is 1. The van der Waals surface area contributed by atoms with Crippen LogP contribution in [0.25, 0.3) is 0 Å². The first-order valence-corrected chi connectivity index (χ1v) is 5.57. The minimum atomic E-state index is 0.369. The number of nitrogens with two attached hydrogens (primary N) is 1. The first kappa shape index (κ1) is 10.7. The quantitative estimate of drug-likeness (QED) is 0.679. The summed E-state index contributed by atoms with van der Waals surface area (Å²) in [6, 6.07) is 0. The molecule has 0 aromatic rings. The lowest BCUT2D eigenvalue weighted by Gasteiger charge is -2.11. The standard InChI is InChI=1S/C11H21NO/c12-9-5-8-11(13)10-6-3-1-2-4-7-10/h10H,1-9,12H2. The highest BCUT2D eigenvalue weighted by Crippen LogP contribution is 2.24. The van der Waals surface area contributed by atoms with Crippen LogP contribution in [0, 0.1) is 5.92 Å². The molecule has 76 valence electrons. The largest absolute Gasteiger partial charge is 0.330 e. The van der Waals surface area contributed by atoms with Crippen LogP contribution < -0.4 is 5.73 Å². The lowest BCUT2D eigenvalue weighted by atomic mass is 9.93. The van der Waals surface area contributed by atoms with Crippen molar-refractivity contribution >= 4 is 5.78 Å². The lowest BCUT2D eigenvalue weighted by molar-refractivity contribution is -0.123. The molecule has 0 unspecified atom stereocenters. The Kier molecular flexibility index (Phi) is 5.06. The molecule has 0 bridgehead atoms. The number of hydrogen-bond acceptors (Lipinski definition) is 2. The third-order valence-electron chi connectivity index (χ3n) is 2.94. The summed E-state index contributed by atoms with van der Waals surface area (Å²) in [7, 11) is 0. The van der Waals surface area contributed by atoms with Crippen molar-refractivity contribution in [3.63, 3.8) is 0 Å². The van der Waals surface area contributed by atoms with E-state index in [9.17, 15) is 4.79 Å². The molecule has 1 rings (SSSR count). The van der Waals surface area contributed by atoms with Gasteiger partial charge < -0.3 is 5.73 Å². The summed E-state index contributed by atoms with van der Waals surface area (Å²) < 4.78 is 0. The van der Waals surface area contributed by atoms with Crippen LogP contribution >= 0.6 is 0 Å². The zero-order valence-electron chi connectivity index (χ0n) is 8.43. The summed E-state index contributed by atoms with van der Waals surface area (Å²) in [6.07, 6.45) is 8.97. The Balaban J connectivity index is 2.26. The Morgan fingerprint density at radius 3 is 2.31 bits per heavy atom. The summed E-state index contributed by atoms with van der Waals surface area (Å²) in [4.78, 5) is 11.7. The van der Waals surface area contributed by atoms with E-state index < -0.39 is 0 Å². The van der Waals surface area contributed by atoms with Crippen LogP contribution in [-0.2, 0) is 4.79 Å². The van der Waals surface area contributed by atoms with Gasteiger partial charge in [-0.3, -0.25) is 4.79 Å². The second-order valence-corrected chi connectivity index (χ2v) is 4.05. The van der Waals surface area contributed by atoms with Crippen LogP contribution in [0.4, 0.5) is 0 Å². The van der Waals surface area contributed by atoms with Crippen LogP contribution in [0.3, 0.4) is 0 Å². The first-order chi connectivity index (χ1) is 6.34. The van der Waals surface area contributed by atoms with E-state index in [1.807, 2.05) is 0 Å². The van der Waals surface area contributed by atoms with Gasteiger partial charge in [-0.2, -0.15) is 0 Å². The fraction of sp³-hybridized carbons (Fsp3) is 0.909. The predicted molar refractivity (Wildman–Crippen MR) is 54.5 cm³/mol. The fourth-order valence-electron chi connectivity index (χ4n) is 2.08. The summed E-state index contributed by atoms with van der Waals surface area (Å²) in [5.74, 6) is 0.835. The van der Waals surface area contributed by atoms with E-state index in [2.05, 4.69) is 0 Å². The summed E-state index contributed by atoms with van der Waals surface area (Å²) in [5.41, 5.74) is 5.38. The smallest absolute Gasteiger partial charge is 0.136 e. The van der Waals surface area contributed by atoms with Crippen molar-refractivity contribution in [1.82, 2.24) is 0 Å². The lowest BCUT2D eigenvalue weighted by Crippen LogP contribution is -2.15. The predicted octanol–water partition coefficient (Wildman–Crippen LogP) is 2.26. The molecule has 0 aromatic carbocycles. The van der Waals surface area contributed by atoms with Gasteiger partial charge in [-0.1, -0.05) is 25.7 Å². The number of carbonyl (C=O) groups is 1. The summed E-state index contributed by atoms with van der Waals surface area (Å²) >= 11 is 0. The highest BCUT2D eigenvalue weighted by atomic mass is 16.1. The molecule has 0 aromatic heterocycles. The van der Waals surface area contributed by atoms with E-state index in [0.29, 0.717) is 24.7 Å². The Morgan fingerprint density at radius 2 is 1.77 bits per heavy atom. The van der Waals surface area contributed by atoms with Crippen molar-refractivity contribution < 1.29 is 4.79 Å². The SMILES string of the molecule is NCCCC(=O)C1CCCCCC1. The van der Waals surface area contributed by atoms with E-state index in [4.69, 9.17) is 5.73 Å². The maximum atomic E-state index is 11.7. The van der Waals surface area contributed by atoms with Crippen molar-refractivity contribution in [2.24, 2.45) is 11.7 Å². The van der Waals surface area contributed by atoms with Gasteiger partial charge in [-0.25, -0.2) is 0 Å². The number of carbonyl (C=O) groups excluding carboxylic acids is 1. The molecule has 0 saturated heterocycles. The van der Waals surface area contributed by atoms with Crippen molar-refractivity contribution in [3.05, 3.63) is 0 Å². The maximum Gasteiger partial charge on any atom is 0.136 e. The molecular weight excluding hydrogens is 162 g/mol. The van der Waals surface area contributed by atoms with Crippen molar-refractivity contribution in [2.75, 3.05) is 6.54 Å². The van der Waals surface area contributed by atoms with Gasteiger partial charge in [0.15, 0.2) is 0 Å². The van der Waals surface area contributed by atoms with Crippen molar-refractivity contribution in [2.45, 2.75) is 51.4 Å². The third-order valence-corrected chi connectivity index (χ3v) is 2.94. The van der Waals surface area contributed by atoms with Crippen LogP contribution in [0.5, 0.6) is 0 Å². The molecule has 13 heavy (non-hydrogen) atoms. The summed E-state index contributed by atoms with van der Waals surface area (Å²) in [6.45, 7) is 0.651. The molecule has 2 N–H and O–H groups in total. The highest BCUT2D eigenvalue weighted by Gasteiger charge is 2.18. The summed E-state index contributed by atoms with van der Waals surface area (Å²) in [5, 5.41) is 0. The molecule has 1 fully saturated rings. The minimum absolute atomic E-state index is 0.369. The van der Waals surface area contributed by atoms with E-state index in [1.54, 1.807) is 0 Å². The molecule has 0 heterocycles. The number of hydrogen-bond donors (Lipinski definition) is 1. The Hall–Kier alpha value is -0.370. The van der Waals surface area contributed by atoms with Gasteiger partial charge in [0.2, 0.25) is 0 Å². The van der Waals surface area contributed by atoms with Gasteiger partial charge in [0, 0.05) is 12.3 Å². The molecule has 2 heteroatoms. The molecule has 0 atom stereocenters. The molecule has 2 nitrogen and oxygen atoms in total. The fourth-order valence-corrected chi connectivity index (χ4v) is 2.08. The molecule has 0 amide bonds. The van der Waals surface area contributed by atoms with Crippen molar-refractivity contribution in [3.8, 4) is 0 Å². The van der Waals surface area contributed by atoms with Gasteiger partial charge in [0.05, 0.1) is 0 Å². The van der Waals surface area contributed by atoms with Crippen LogP contribution in [-0.4, -0.2) is 12.3 Å². The average Bonchev–Trinajstić information content (AvgIpc) is 2.42. The van der Waals surface area contributed by atoms with Crippen molar-refractivity contribution in [1.29, 1.82) is 0 Å². The van der Waals surface area contributed by atoms with Crippen LogP contribution in [0.15, 0.2) is 0 Å². The van der Waals surface area contributed by atoms with Gasteiger partial charge in [-0.05, 0) is 25.8 Å². The minimum Gasteiger partial charge on any atom is -0.330 e. The maximum absolute atomic E-state index is 11.7. The monoisotopic (exact) mass is 183 g/mol. The molecule has 1 saturated carbocycles. The second-order valence-electron chi connectivity index (χ2n) is 4.05. The number of rotatable bonds is 4. The number of ketones is 1. The van der Waals surface area contributed by atoms with Crippen LogP contribution in [0.1, 0.15) is 51.4 Å². The van der Waals surface area contributed by atoms with E-state index in [-0.39, 0.29) is 0 Å². The molecule has 0 aliphatic heterocycles.